The summed E-state index contributed by atoms with van der Waals surface area (Å²) >= 11 is 1.55. The standard InChI is InChI=1S/C18H20FN3O2S/c1-25-17-6-3-13(19)9-12(17)11-21-18(20)22-14-4-5-15-16(10-14)24-8-2-7-23-15/h3-6,9-10H,2,7-8,11H2,1H3,(H3,20,21,22). The van der Waals surface area contributed by atoms with Gasteiger partial charge in [-0.05, 0) is 42.2 Å². The summed E-state index contributed by atoms with van der Waals surface area (Å²) in [5.41, 5.74) is 7.52. The van der Waals surface area contributed by atoms with Crippen LogP contribution in [-0.2, 0) is 6.54 Å². The molecule has 0 spiro atoms. The van der Waals surface area contributed by atoms with E-state index in [1.165, 1.54) is 12.1 Å². The number of anilines is 1. The molecule has 3 rings (SSSR count). The zero-order valence-electron chi connectivity index (χ0n) is 13.9. The normalized spacial score (nSPS) is 14.1. The van der Waals surface area contributed by atoms with Crippen LogP contribution in [0.15, 0.2) is 46.3 Å². The summed E-state index contributed by atoms with van der Waals surface area (Å²) < 4.78 is 24.7. The fourth-order valence-corrected chi connectivity index (χ4v) is 3.06. The first-order chi connectivity index (χ1) is 12.2. The second-order valence-electron chi connectivity index (χ2n) is 5.49. The van der Waals surface area contributed by atoms with Crippen LogP contribution in [0, 0.1) is 5.82 Å². The van der Waals surface area contributed by atoms with Crippen LogP contribution in [0.2, 0.25) is 0 Å². The average molecular weight is 361 g/mol. The van der Waals surface area contributed by atoms with E-state index >= 15 is 0 Å². The molecule has 25 heavy (non-hydrogen) atoms. The summed E-state index contributed by atoms with van der Waals surface area (Å²) in [7, 11) is 0. The molecule has 0 amide bonds. The molecule has 0 bridgehead atoms. The van der Waals surface area contributed by atoms with Crippen molar-refractivity contribution in [1.82, 2.24) is 0 Å². The maximum atomic E-state index is 13.4. The number of halogens is 1. The van der Waals surface area contributed by atoms with E-state index in [1.807, 2.05) is 24.5 Å². The SMILES string of the molecule is CSc1ccc(F)cc1CN=C(N)Nc1ccc2c(c1)OCCCO2. The third-order valence-electron chi connectivity index (χ3n) is 3.68. The number of hydrogen-bond acceptors (Lipinski definition) is 4. The summed E-state index contributed by atoms with van der Waals surface area (Å²) in [6.07, 6.45) is 2.80. The maximum Gasteiger partial charge on any atom is 0.193 e. The lowest BCUT2D eigenvalue weighted by Crippen LogP contribution is -2.22. The number of fused-ring (bicyclic) bond motifs is 1. The van der Waals surface area contributed by atoms with E-state index in [0.717, 1.165) is 28.3 Å². The number of nitrogens with two attached hydrogens (primary N) is 1. The molecule has 7 heteroatoms. The van der Waals surface area contributed by atoms with Crippen LogP contribution in [-0.4, -0.2) is 25.4 Å². The molecule has 1 aliphatic rings. The second-order valence-corrected chi connectivity index (χ2v) is 6.34. The minimum Gasteiger partial charge on any atom is -0.490 e. The van der Waals surface area contributed by atoms with E-state index < -0.39 is 0 Å². The van der Waals surface area contributed by atoms with Gasteiger partial charge in [-0.15, -0.1) is 11.8 Å². The Kier molecular flexibility index (Phi) is 5.65. The van der Waals surface area contributed by atoms with Gasteiger partial charge in [0.1, 0.15) is 5.82 Å². The molecule has 2 aromatic carbocycles. The van der Waals surface area contributed by atoms with Crippen LogP contribution >= 0.6 is 11.8 Å². The summed E-state index contributed by atoms with van der Waals surface area (Å²) in [5, 5.41) is 3.03. The van der Waals surface area contributed by atoms with Gasteiger partial charge in [-0.2, -0.15) is 0 Å². The van der Waals surface area contributed by atoms with Crippen molar-refractivity contribution in [2.24, 2.45) is 10.7 Å². The van der Waals surface area contributed by atoms with Crippen molar-refractivity contribution in [1.29, 1.82) is 0 Å². The Morgan fingerprint density at radius 2 is 2.00 bits per heavy atom. The summed E-state index contributed by atoms with van der Waals surface area (Å²) in [6.45, 7) is 1.57. The summed E-state index contributed by atoms with van der Waals surface area (Å²) in [6, 6.07) is 10.2. The van der Waals surface area contributed by atoms with Crippen molar-refractivity contribution >= 4 is 23.4 Å². The van der Waals surface area contributed by atoms with E-state index in [1.54, 1.807) is 17.8 Å². The molecule has 132 valence electrons. The Balaban J connectivity index is 1.70. The van der Waals surface area contributed by atoms with Crippen LogP contribution in [0.25, 0.3) is 0 Å². The van der Waals surface area contributed by atoms with Crippen LogP contribution in [0.3, 0.4) is 0 Å². The quantitative estimate of drug-likeness (QED) is 0.494. The summed E-state index contributed by atoms with van der Waals surface area (Å²) in [4.78, 5) is 5.28. The molecule has 0 radical (unpaired) electrons. The topological polar surface area (TPSA) is 68.9 Å². The van der Waals surface area contributed by atoms with Gasteiger partial charge in [-0.3, -0.25) is 0 Å². The predicted octanol–water partition coefficient (Wildman–Crippen LogP) is 3.64. The molecule has 1 heterocycles. The zero-order chi connectivity index (χ0) is 17.6. The van der Waals surface area contributed by atoms with E-state index in [4.69, 9.17) is 15.2 Å². The van der Waals surface area contributed by atoms with Gasteiger partial charge >= 0.3 is 0 Å². The second kappa shape index (κ2) is 8.11. The zero-order valence-corrected chi connectivity index (χ0v) is 14.7. The van der Waals surface area contributed by atoms with Crippen molar-refractivity contribution in [3.05, 3.63) is 47.8 Å². The lowest BCUT2D eigenvalue weighted by Gasteiger charge is -2.11. The van der Waals surface area contributed by atoms with Gasteiger partial charge in [0.25, 0.3) is 0 Å². The molecule has 0 saturated heterocycles. The first kappa shape index (κ1) is 17.4. The van der Waals surface area contributed by atoms with E-state index in [9.17, 15) is 4.39 Å². The number of nitrogens with zero attached hydrogens (tertiary/aromatic N) is 1. The maximum absolute atomic E-state index is 13.4. The molecule has 0 atom stereocenters. The number of aliphatic imine (C=N–C) groups is 1. The molecule has 5 nitrogen and oxygen atoms in total. The van der Waals surface area contributed by atoms with Crippen LogP contribution in [0.4, 0.5) is 10.1 Å². The first-order valence-electron chi connectivity index (χ1n) is 7.95. The minimum absolute atomic E-state index is 0.255. The number of guanidine groups is 1. The fraction of sp³-hybridized carbons (Fsp3) is 0.278. The Hall–Kier alpha value is -2.41. The molecule has 3 N–H and O–H groups in total. The summed E-state index contributed by atoms with van der Waals surface area (Å²) in [5.74, 6) is 1.39. The molecule has 0 aromatic heterocycles. The number of hydrogen-bond donors (Lipinski definition) is 2. The number of ether oxygens (including phenoxy) is 2. The molecule has 0 fully saturated rings. The van der Waals surface area contributed by atoms with Gasteiger partial charge in [0.05, 0.1) is 19.8 Å². The Morgan fingerprint density at radius 3 is 2.80 bits per heavy atom. The third-order valence-corrected chi connectivity index (χ3v) is 4.52. The largest absolute Gasteiger partial charge is 0.490 e. The number of rotatable bonds is 4. The fourth-order valence-electron chi connectivity index (χ4n) is 2.47. The van der Waals surface area contributed by atoms with Gasteiger partial charge in [0.2, 0.25) is 0 Å². The molecule has 0 saturated carbocycles. The van der Waals surface area contributed by atoms with Crippen molar-refractivity contribution in [3.63, 3.8) is 0 Å². The van der Waals surface area contributed by atoms with Gasteiger partial charge in [-0.25, -0.2) is 9.38 Å². The molecule has 1 aliphatic heterocycles. The molecular weight excluding hydrogens is 341 g/mol. The van der Waals surface area contributed by atoms with Gasteiger partial charge in [0, 0.05) is 23.1 Å². The highest BCUT2D eigenvalue weighted by molar-refractivity contribution is 7.98. The van der Waals surface area contributed by atoms with E-state index in [-0.39, 0.29) is 11.8 Å². The highest BCUT2D eigenvalue weighted by atomic mass is 32.2. The number of nitrogens with one attached hydrogen (secondary N) is 1. The first-order valence-corrected chi connectivity index (χ1v) is 9.17. The van der Waals surface area contributed by atoms with Crippen LogP contribution < -0.4 is 20.5 Å². The van der Waals surface area contributed by atoms with Gasteiger partial charge in [-0.1, -0.05) is 0 Å². The van der Waals surface area contributed by atoms with Crippen molar-refractivity contribution in [2.45, 2.75) is 17.9 Å². The average Bonchev–Trinajstić information content (AvgIpc) is 2.85. The predicted molar refractivity (Wildman–Crippen MR) is 99.2 cm³/mol. The van der Waals surface area contributed by atoms with Crippen LogP contribution in [0.5, 0.6) is 11.5 Å². The van der Waals surface area contributed by atoms with Crippen molar-refractivity contribution in [2.75, 3.05) is 24.8 Å². The Labute approximate surface area is 150 Å². The molecule has 0 unspecified atom stereocenters. The van der Waals surface area contributed by atoms with Crippen molar-refractivity contribution in [3.8, 4) is 11.5 Å². The van der Waals surface area contributed by atoms with E-state index in [0.29, 0.717) is 25.5 Å². The van der Waals surface area contributed by atoms with Crippen LogP contribution in [0.1, 0.15) is 12.0 Å². The lowest BCUT2D eigenvalue weighted by atomic mass is 10.2. The van der Waals surface area contributed by atoms with Crippen molar-refractivity contribution < 1.29 is 13.9 Å². The molecule has 0 aliphatic carbocycles. The minimum atomic E-state index is -0.280. The van der Waals surface area contributed by atoms with E-state index in [2.05, 4.69) is 10.3 Å². The number of thioether (sulfide) groups is 1. The number of benzene rings is 2. The molecule has 2 aromatic rings. The third kappa shape index (κ3) is 4.57. The van der Waals surface area contributed by atoms with Gasteiger partial charge in [0.15, 0.2) is 17.5 Å². The van der Waals surface area contributed by atoms with Gasteiger partial charge < -0.3 is 20.5 Å². The Morgan fingerprint density at radius 1 is 1.20 bits per heavy atom. The smallest absolute Gasteiger partial charge is 0.193 e. The highest BCUT2D eigenvalue weighted by Crippen LogP contribution is 2.32. The Bertz CT molecular complexity index is 783. The molecular formula is C18H20FN3O2S. The lowest BCUT2D eigenvalue weighted by molar-refractivity contribution is 0.297. The monoisotopic (exact) mass is 361 g/mol. The highest BCUT2D eigenvalue weighted by Gasteiger charge is 2.11.